The van der Waals surface area contributed by atoms with Crippen molar-refractivity contribution >= 4 is 51.7 Å². The first-order chi connectivity index (χ1) is 15.3. The summed E-state index contributed by atoms with van der Waals surface area (Å²) in [7, 11) is 1.57. The fraction of sp³-hybridized carbons (Fsp3) is 0.130. The van der Waals surface area contributed by atoms with E-state index in [-0.39, 0.29) is 11.6 Å². The van der Waals surface area contributed by atoms with Crippen molar-refractivity contribution in [2.45, 2.75) is 13.8 Å². The first kappa shape index (κ1) is 21.8. The van der Waals surface area contributed by atoms with Crippen LogP contribution in [0.2, 0.25) is 0 Å². The summed E-state index contributed by atoms with van der Waals surface area (Å²) in [6.45, 7) is 3.54. The number of carbonyl (C=O) groups excluding carboxylic acids is 1. The van der Waals surface area contributed by atoms with Gasteiger partial charge in [-0.25, -0.2) is 0 Å². The average Bonchev–Trinajstić information content (AvgIpc) is 3.34. The Bertz CT molecular complexity index is 1280. The molecule has 9 heteroatoms. The molecule has 1 aliphatic heterocycles. The molecule has 7 nitrogen and oxygen atoms in total. The minimum absolute atomic E-state index is 0.0401. The van der Waals surface area contributed by atoms with Crippen LogP contribution >= 0.6 is 24.0 Å². The summed E-state index contributed by atoms with van der Waals surface area (Å²) in [4.78, 5) is 25.8. The fourth-order valence-electron chi connectivity index (χ4n) is 3.31. The molecule has 0 bridgehead atoms. The fourth-order valence-corrected chi connectivity index (χ4v) is 4.59. The third kappa shape index (κ3) is 4.04. The number of aryl methyl sites for hydroxylation is 1. The Labute approximate surface area is 193 Å². The molecule has 1 aromatic heterocycles. The number of hydrogen-bond donors (Lipinski definition) is 0. The van der Waals surface area contributed by atoms with Crippen LogP contribution in [0.15, 0.2) is 57.9 Å². The van der Waals surface area contributed by atoms with Gasteiger partial charge in [0.25, 0.3) is 11.6 Å². The monoisotopic (exact) mass is 466 g/mol. The number of thiocarbonyl (C=S) groups is 1. The van der Waals surface area contributed by atoms with Crippen LogP contribution in [-0.2, 0) is 4.79 Å². The normalized spacial score (nSPS) is 15.0. The van der Waals surface area contributed by atoms with E-state index in [2.05, 4.69) is 0 Å². The van der Waals surface area contributed by atoms with E-state index in [1.54, 1.807) is 56.5 Å². The van der Waals surface area contributed by atoms with Crippen LogP contribution in [0.1, 0.15) is 16.9 Å². The van der Waals surface area contributed by atoms with E-state index in [0.29, 0.717) is 43.3 Å². The molecule has 0 aliphatic carbocycles. The van der Waals surface area contributed by atoms with Crippen molar-refractivity contribution in [1.82, 2.24) is 0 Å². The lowest BCUT2D eigenvalue weighted by Crippen LogP contribution is -2.27. The second-order valence-electron chi connectivity index (χ2n) is 7.11. The van der Waals surface area contributed by atoms with Crippen LogP contribution in [0.3, 0.4) is 0 Å². The zero-order valence-corrected chi connectivity index (χ0v) is 19.1. The molecule has 0 radical (unpaired) electrons. The minimum atomic E-state index is -0.403. The van der Waals surface area contributed by atoms with Gasteiger partial charge < -0.3 is 9.15 Å². The number of carbonyl (C=O) groups is 1. The number of furan rings is 1. The Morgan fingerprint density at radius 3 is 2.53 bits per heavy atom. The largest absolute Gasteiger partial charge is 0.497 e. The number of hydrogen-bond acceptors (Lipinski definition) is 7. The summed E-state index contributed by atoms with van der Waals surface area (Å²) in [5.41, 5.74) is 2.71. The Hall–Kier alpha value is -3.43. The minimum Gasteiger partial charge on any atom is -0.497 e. The van der Waals surface area contributed by atoms with Crippen molar-refractivity contribution < 1.29 is 18.9 Å². The van der Waals surface area contributed by atoms with Gasteiger partial charge in [0.05, 0.1) is 22.6 Å². The van der Waals surface area contributed by atoms with Crippen LogP contribution in [0.4, 0.5) is 11.4 Å². The van der Waals surface area contributed by atoms with E-state index in [4.69, 9.17) is 21.4 Å². The number of thioether (sulfide) groups is 1. The second-order valence-corrected chi connectivity index (χ2v) is 8.79. The van der Waals surface area contributed by atoms with Gasteiger partial charge in [0, 0.05) is 23.3 Å². The number of amides is 1. The highest BCUT2D eigenvalue weighted by molar-refractivity contribution is 8.27. The van der Waals surface area contributed by atoms with Gasteiger partial charge in [-0.05, 0) is 61.9 Å². The van der Waals surface area contributed by atoms with E-state index in [9.17, 15) is 14.9 Å². The van der Waals surface area contributed by atoms with Crippen molar-refractivity contribution in [2.75, 3.05) is 12.0 Å². The Kier molecular flexibility index (Phi) is 5.86. The summed E-state index contributed by atoms with van der Waals surface area (Å²) >= 11 is 6.59. The van der Waals surface area contributed by atoms with Crippen molar-refractivity contribution in [2.24, 2.45) is 0 Å². The third-order valence-corrected chi connectivity index (χ3v) is 6.45. The molecule has 0 atom stereocenters. The first-order valence-corrected chi connectivity index (χ1v) is 10.8. The maximum Gasteiger partial charge on any atom is 0.273 e. The molecule has 32 heavy (non-hydrogen) atoms. The summed E-state index contributed by atoms with van der Waals surface area (Å²) < 4.78 is 11.4. The predicted molar refractivity (Wildman–Crippen MR) is 129 cm³/mol. The maximum atomic E-state index is 13.0. The number of benzene rings is 2. The van der Waals surface area contributed by atoms with Crippen LogP contribution in [0.25, 0.3) is 17.4 Å². The molecule has 1 amide bonds. The van der Waals surface area contributed by atoms with Gasteiger partial charge in [0.1, 0.15) is 17.3 Å². The molecule has 0 unspecified atom stereocenters. The standard InChI is InChI=1S/C23H18N2O5S2/c1-13-10-15(11-19(14(13)2)25(27)28)20-9-8-18(30-20)12-21-22(26)24(23(31)32-21)16-4-6-17(29-3)7-5-16/h4-12H,1-3H3/b21-12-. The van der Waals surface area contributed by atoms with Gasteiger partial charge in [-0.2, -0.15) is 0 Å². The topological polar surface area (TPSA) is 85.8 Å². The average molecular weight is 467 g/mol. The van der Waals surface area contributed by atoms with Crippen molar-refractivity contribution in [3.05, 3.63) is 80.4 Å². The quantitative estimate of drug-likeness (QED) is 0.201. The molecular formula is C23H18N2O5S2. The molecule has 4 rings (SSSR count). The van der Waals surface area contributed by atoms with E-state index >= 15 is 0 Å². The number of nitro groups is 1. The van der Waals surface area contributed by atoms with Gasteiger partial charge in [-0.1, -0.05) is 24.0 Å². The zero-order valence-electron chi connectivity index (χ0n) is 17.4. The zero-order chi connectivity index (χ0) is 23.0. The maximum absolute atomic E-state index is 13.0. The number of ether oxygens (including phenoxy) is 1. The molecule has 0 saturated carbocycles. The van der Waals surface area contributed by atoms with E-state index in [1.165, 1.54) is 22.7 Å². The molecule has 2 heterocycles. The van der Waals surface area contributed by atoms with Gasteiger partial charge >= 0.3 is 0 Å². The molecule has 1 fully saturated rings. The molecule has 162 valence electrons. The van der Waals surface area contributed by atoms with Gasteiger partial charge in [-0.15, -0.1) is 0 Å². The van der Waals surface area contributed by atoms with Gasteiger partial charge in [0.15, 0.2) is 4.32 Å². The highest BCUT2D eigenvalue weighted by atomic mass is 32.2. The Balaban J connectivity index is 1.61. The molecule has 0 N–H and O–H groups in total. The van der Waals surface area contributed by atoms with Crippen molar-refractivity contribution in [3.8, 4) is 17.1 Å². The van der Waals surface area contributed by atoms with E-state index in [1.807, 2.05) is 13.0 Å². The van der Waals surface area contributed by atoms with Gasteiger partial charge in [0.2, 0.25) is 0 Å². The molecular weight excluding hydrogens is 448 g/mol. The second kappa shape index (κ2) is 8.60. The molecule has 0 spiro atoms. The number of anilines is 1. The molecule has 3 aromatic rings. The molecule has 1 saturated heterocycles. The SMILES string of the molecule is COc1ccc(N2C(=O)/C(=C/c3ccc(-c4cc(C)c(C)c([N+](=O)[O-])c4)o3)SC2=S)cc1. The molecule has 2 aromatic carbocycles. The number of nitro benzene ring substituents is 1. The Morgan fingerprint density at radius 1 is 1.16 bits per heavy atom. The van der Waals surface area contributed by atoms with E-state index in [0.717, 1.165) is 5.56 Å². The number of rotatable bonds is 5. The lowest BCUT2D eigenvalue weighted by atomic mass is 10.0. The summed E-state index contributed by atoms with van der Waals surface area (Å²) in [5, 5.41) is 11.3. The summed E-state index contributed by atoms with van der Waals surface area (Å²) in [6, 6.07) is 13.8. The smallest absolute Gasteiger partial charge is 0.273 e. The first-order valence-electron chi connectivity index (χ1n) is 9.56. The van der Waals surface area contributed by atoms with Crippen molar-refractivity contribution in [1.29, 1.82) is 0 Å². The number of methoxy groups -OCH3 is 1. The number of nitrogens with zero attached hydrogens (tertiary/aromatic N) is 2. The Morgan fingerprint density at radius 2 is 1.88 bits per heavy atom. The van der Waals surface area contributed by atoms with Crippen LogP contribution in [0.5, 0.6) is 5.75 Å². The highest BCUT2D eigenvalue weighted by Crippen LogP contribution is 2.37. The lowest BCUT2D eigenvalue weighted by Gasteiger charge is -2.14. The highest BCUT2D eigenvalue weighted by Gasteiger charge is 2.33. The van der Waals surface area contributed by atoms with E-state index < -0.39 is 4.92 Å². The summed E-state index contributed by atoms with van der Waals surface area (Å²) in [5.74, 6) is 1.37. The molecule has 1 aliphatic rings. The van der Waals surface area contributed by atoms with Crippen LogP contribution in [-0.4, -0.2) is 22.3 Å². The van der Waals surface area contributed by atoms with Crippen LogP contribution in [0, 0.1) is 24.0 Å². The summed E-state index contributed by atoms with van der Waals surface area (Å²) in [6.07, 6.45) is 1.63. The third-order valence-electron chi connectivity index (χ3n) is 5.15. The van der Waals surface area contributed by atoms with Gasteiger partial charge in [-0.3, -0.25) is 19.8 Å². The predicted octanol–water partition coefficient (Wildman–Crippen LogP) is 5.89. The van der Waals surface area contributed by atoms with Crippen molar-refractivity contribution in [3.63, 3.8) is 0 Å². The lowest BCUT2D eigenvalue weighted by molar-refractivity contribution is -0.385. The van der Waals surface area contributed by atoms with Crippen LogP contribution < -0.4 is 9.64 Å².